The summed E-state index contributed by atoms with van der Waals surface area (Å²) in [5.74, 6) is 1.06. The lowest BCUT2D eigenvalue weighted by atomic mass is 9.94. The van der Waals surface area contributed by atoms with Gasteiger partial charge in [-0.3, -0.25) is 0 Å². The molecule has 1 aliphatic rings. The zero-order chi connectivity index (χ0) is 23.7. The van der Waals surface area contributed by atoms with Gasteiger partial charge < -0.3 is 14.7 Å². The molecule has 4 aromatic rings. The molecule has 5 rings (SSSR count). The topological polar surface area (TPSA) is 54.2 Å². The van der Waals surface area contributed by atoms with E-state index in [9.17, 15) is 0 Å². The lowest BCUT2D eigenvalue weighted by molar-refractivity contribution is 0.396. The lowest BCUT2D eigenvalue weighted by Crippen LogP contribution is -2.45. The zero-order valence-electron chi connectivity index (χ0n) is 19.4. The molecule has 1 N–H and O–H groups in total. The molecule has 1 unspecified atom stereocenters. The highest BCUT2D eigenvalue weighted by atomic mass is 32.1. The molecule has 3 aromatic carbocycles. The van der Waals surface area contributed by atoms with Crippen LogP contribution in [0.3, 0.4) is 0 Å². The molecule has 0 saturated heterocycles. The van der Waals surface area contributed by atoms with E-state index in [0.29, 0.717) is 23.4 Å². The van der Waals surface area contributed by atoms with Crippen molar-refractivity contribution in [3.05, 3.63) is 113 Å². The fourth-order valence-corrected chi connectivity index (χ4v) is 4.57. The van der Waals surface area contributed by atoms with Crippen LogP contribution in [-0.2, 0) is 6.54 Å². The standard InChI is InChI=1S/C28H26N4OS/c1-18-13-15-22(16-14-18)26-30-27(33-31-26)24-20(3)32(17-23-12-8-7-9-19(23)2)28(34)29-25(24)21-10-5-4-6-11-21/h4-16,25H,17H2,1-3H3,(H,29,34). The summed E-state index contributed by atoms with van der Waals surface area (Å²) in [5.41, 5.74) is 7.57. The van der Waals surface area contributed by atoms with Crippen LogP contribution in [-0.4, -0.2) is 20.2 Å². The van der Waals surface area contributed by atoms with Gasteiger partial charge in [-0.15, -0.1) is 0 Å². The van der Waals surface area contributed by atoms with Crippen LogP contribution >= 0.6 is 12.2 Å². The van der Waals surface area contributed by atoms with Crippen LogP contribution in [0.5, 0.6) is 0 Å². The summed E-state index contributed by atoms with van der Waals surface area (Å²) in [6, 6.07) is 26.5. The van der Waals surface area contributed by atoms with E-state index in [-0.39, 0.29) is 6.04 Å². The molecule has 1 atom stereocenters. The lowest BCUT2D eigenvalue weighted by Gasteiger charge is -2.37. The normalized spacial score (nSPS) is 16.0. The summed E-state index contributed by atoms with van der Waals surface area (Å²) in [6.07, 6.45) is 0. The Labute approximate surface area is 205 Å². The molecule has 0 fully saturated rings. The van der Waals surface area contributed by atoms with Gasteiger partial charge in [-0.1, -0.05) is 89.6 Å². The van der Waals surface area contributed by atoms with Gasteiger partial charge in [-0.2, -0.15) is 4.98 Å². The van der Waals surface area contributed by atoms with Crippen LogP contribution in [0.1, 0.15) is 41.1 Å². The molecular weight excluding hydrogens is 440 g/mol. The molecule has 5 nitrogen and oxygen atoms in total. The number of aromatic nitrogens is 2. The van der Waals surface area contributed by atoms with E-state index in [1.54, 1.807) is 0 Å². The van der Waals surface area contributed by atoms with E-state index in [1.807, 2.05) is 42.5 Å². The first kappa shape index (κ1) is 22.0. The fourth-order valence-electron chi connectivity index (χ4n) is 4.25. The van der Waals surface area contributed by atoms with E-state index in [1.165, 1.54) is 16.7 Å². The van der Waals surface area contributed by atoms with E-state index in [2.05, 4.69) is 72.5 Å². The van der Waals surface area contributed by atoms with Crippen molar-refractivity contribution in [1.82, 2.24) is 20.4 Å². The summed E-state index contributed by atoms with van der Waals surface area (Å²) in [5, 5.41) is 8.50. The number of hydrogen-bond acceptors (Lipinski definition) is 4. The van der Waals surface area contributed by atoms with Gasteiger partial charge in [0, 0.05) is 11.3 Å². The monoisotopic (exact) mass is 466 g/mol. The van der Waals surface area contributed by atoms with Gasteiger partial charge in [0.1, 0.15) is 0 Å². The molecule has 0 amide bonds. The van der Waals surface area contributed by atoms with Crippen LogP contribution < -0.4 is 5.32 Å². The number of nitrogens with one attached hydrogen (secondary N) is 1. The summed E-state index contributed by atoms with van der Waals surface area (Å²) >= 11 is 5.83. The Morgan fingerprint density at radius 2 is 1.62 bits per heavy atom. The molecule has 1 aromatic heterocycles. The minimum atomic E-state index is -0.187. The Balaban J connectivity index is 1.60. The number of benzene rings is 3. The van der Waals surface area contributed by atoms with Crippen molar-refractivity contribution < 1.29 is 4.52 Å². The first-order valence-electron chi connectivity index (χ1n) is 11.3. The SMILES string of the molecule is CC1=C(c2nc(-c3ccc(C)cc3)no2)C(c2ccccc2)NC(=S)N1Cc1ccccc1C. The predicted octanol–water partition coefficient (Wildman–Crippen LogP) is 6.22. The maximum absolute atomic E-state index is 5.84. The van der Waals surface area contributed by atoms with Gasteiger partial charge in [0.2, 0.25) is 5.82 Å². The Hall–Kier alpha value is -3.77. The van der Waals surface area contributed by atoms with Gasteiger partial charge in [-0.05, 0) is 49.7 Å². The molecule has 0 bridgehead atoms. The summed E-state index contributed by atoms with van der Waals surface area (Å²) in [7, 11) is 0. The third-order valence-electron chi connectivity index (χ3n) is 6.29. The van der Waals surface area contributed by atoms with Crippen molar-refractivity contribution in [2.45, 2.75) is 33.4 Å². The van der Waals surface area contributed by atoms with Crippen molar-refractivity contribution in [2.75, 3.05) is 0 Å². The summed E-state index contributed by atoms with van der Waals surface area (Å²) in [4.78, 5) is 6.91. The van der Waals surface area contributed by atoms with E-state index >= 15 is 0 Å². The highest BCUT2D eigenvalue weighted by Crippen LogP contribution is 2.38. The molecule has 1 aliphatic heterocycles. The van der Waals surface area contributed by atoms with Crippen molar-refractivity contribution in [2.24, 2.45) is 0 Å². The Kier molecular flexibility index (Phi) is 5.99. The molecule has 6 heteroatoms. The fraction of sp³-hybridized carbons (Fsp3) is 0.179. The van der Waals surface area contributed by atoms with Gasteiger partial charge >= 0.3 is 0 Å². The van der Waals surface area contributed by atoms with Crippen LogP contribution in [0.15, 0.2) is 89.1 Å². The van der Waals surface area contributed by atoms with E-state index < -0.39 is 0 Å². The van der Waals surface area contributed by atoms with Crippen LogP contribution in [0.2, 0.25) is 0 Å². The molecule has 0 radical (unpaired) electrons. The Morgan fingerprint density at radius 3 is 2.35 bits per heavy atom. The zero-order valence-corrected chi connectivity index (χ0v) is 20.3. The minimum absolute atomic E-state index is 0.187. The minimum Gasteiger partial charge on any atom is -0.351 e. The third kappa shape index (κ3) is 4.24. The van der Waals surface area contributed by atoms with Crippen molar-refractivity contribution in [3.63, 3.8) is 0 Å². The first-order valence-corrected chi connectivity index (χ1v) is 11.7. The molecule has 34 heavy (non-hydrogen) atoms. The van der Waals surface area contributed by atoms with Gasteiger partial charge in [0.15, 0.2) is 5.11 Å². The highest BCUT2D eigenvalue weighted by molar-refractivity contribution is 7.80. The maximum Gasteiger partial charge on any atom is 0.258 e. The van der Waals surface area contributed by atoms with Gasteiger partial charge in [-0.25, -0.2) is 0 Å². The first-order chi connectivity index (χ1) is 16.5. The number of rotatable bonds is 5. The number of hydrogen-bond donors (Lipinski definition) is 1. The second kappa shape index (κ2) is 9.23. The Bertz CT molecular complexity index is 1360. The van der Waals surface area contributed by atoms with Gasteiger partial charge in [0.05, 0.1) is 18.2 Å². The average molecular weight is 467 g/mol. The Morgan fingerprint density at radius 1 is 0.912 bits per heavy atom. The number of allylic oxidation sites excluding steroid dienone is 1. The summed E-state index contributed by atoms with van der Waals surface area (Å²) in [6.45, 7) is 6.92. The molecule has 2 heterocycles. The third-order valence-corrected chi connectivity index (χ3v) is 6.62. The second-order valence-electron chi connectivity index (χ2n) is 8.59. The number of thiocarbonyl (C=S) groups is 1. The molecular formula is C28H26N4OS. The van der Waals surface area contributed by atoms with E-state index in [4.69, 9.17) is 21.7 Å². The number of aryl methyl sites for hydroxylation is 2. The van der Waals surface area contributed by atoms with Crippen LogP contribution in [0.4, 0.5) is 0 Å². The van der Waals surface area contributed by atoms with Gasteiger partial charge in [0.25, 0.3) is 5.89 Å². The van der Waals surface area contributed by atoms with Crippen molar-refractivity contribution in [3.8, 4) is 11.4 Å². The molecule has 170 valence electrons. The predicted molar refractivity (Wildman–Crippen MR) is 139 cm³/mol. The molecule has 0 spiro atoms. The van der Waals surface area contributed by atoms with E-state index in [0.717, 1.165) is 22.4 Å². The highest BCUT2D eigenvalue weighted by Gasteiger charge is 2.34. The van der Waals surface area contributed by atoms with Crippen LogP contribution in [0.25, 0.3) is 17.0 Å². The largest absolute Gasteiger partial charge is 0.351 e. The molecule has 0 saturated carbocycles. The van der Waals surface area contributed by atoms with Crippen molar-refractivity contribution >= 4 is 22.9 Å². The quantitative estimate of drug-likeness (QED) is 0.353. The summed E-state index contributed by atoms with van der Waals surface area (Å²) < 4.78 is 5.84. The second-order valence-corrected chi connectivity index (χ2v) is 8.98. The molecule has 0 aliphatic carbocycles. The number of nitrogens with zero attached hydrogens (tertiary/aromatic N) is 3. The average Bonchev–Trinajstić information content (AvgIpc) is 3.33. The van der Waals surface area contributed by atoms with Crippen LogP contribution in [0, 0.1) is 13.8 Å². The van der Waals surface area contributed by atoms with Crippen molar-refractivity contribution in [1.29, 1.82) is 0 Å². The maximum atomic E-state index is 5.84. The smallest absolute Gasteiger partial charge is 0.258 e.